The third kappa shape index (κ3) is 4.21. The van der Waals surface area contributed by atoms with Crippen LogP contribution in [0.1, 0.15) is 23.2 Å². The number of rotatable bonds is 6. The smallest absolute Gasteiger partial charge is 0.243 e. The Labute approximate surface area is 152 Å². The Kier molecular flexibility index (Phi) is 5.42. The van der Waals surface area contributed by atoms with Crippen molar-refractivity contribution in [3.8, 4) is 0 Å². The van der Waals surface area contributed by atoms with E-state index in [1.165, 1.54) is 16.4 Å². The van der Waals surface area contributed by atoms with Gasteiger partial charge in [0.15, 0.2) is 5.78 Å². The van der Waals surface area contributed by atoms with Gasteiger partial charge in [-0.25, -0.2) is 8.42 Å². The van der Waals surface area contributed by atoms with Gasteiger partial charge in [0, 0.05) is 29.4 Å². The quantitative estimate of drug-likeness (QED) is 0.782. The van der Waals surface area contributed by atoms with Crippen molar-refractivity contribution in [3.63, 3.8) is 0 Å². The number of halogens is 1. The highest BCUT2D eigenvalue weighted by molar-refractivity contribution is 7.89. The van der Waals surface area contributed by atoms with Crippen LogP contribution in [0.25, 0.3) is 0 Å². The molecule has 1 aliphatic heterocycles. The molecule has 0 saturated carbocycles. The Morgan fingerprint density at radius 2 is 1.80 bits per heavy atom. The highest BCUT2D eigenvalue weighted by Gasteiger charge is 2.27. The summed E-state index contributed by atoms with van der Waals surface area (Å²) < 4.78 is 26.7. The number of hydrogen-bond acceptors (Lipinski definition) is 4. The van der Waals surface area contributed by atoms with Gasteiger partial charge in [-0.1, -0.05) is 29.8 Å². The maximum atomic E-state index is 12.6. The van der Waals surface area contributed by atoms with E-state index >= 15 is 0 Å². The van der Waals surface area contributed by atoms with Crippen molar-refractivity contribution in [3.05, 3.63) is 59.1 Å². The molecule has 1 heterocycles. The molecule has 0 bridgehead atoms. The molecule has 1 fully saturated rings. The lowest BCUT2D eigenvalue weighted by atomic mass is 10.1. The second kappa shape index (κ2) is 7.56. The predicted molar refractivity (Wildman–Crippen MR) is 98.7 cm³/mol. The topological polar surface area (TPSA) is 66.5 Å². The van der Waals surface area contributed by atoms with Gasteiger partial charge in [0.1, 0.15) is 0 Å². The molecule has 2 aromatic rings. The Hall–Kier alpha value is -1.89. The molecule has 7 heteroatoms. The predicted octanol–water partition coefficient (Wildman–Crippen LogP) is 3.42. The summed E-state index contributed by atoms with van der Waals surface area (Å²) in [6.07, 6.45) is 1.75. The highest BCUT2D eigenvalue weighted by atomic mass is 35.5. The zero-order chi connectivity index (χ0) is 17.9. The molecule has 132 valence electrons. The Bertz CT molecular complexity index is 877. The van der Waals surface area contributed by atoms with Crippen LogP contribution in [0.2, 0.25) is 5.02 Å². The number of carbonyl (C=O) groups is 1. The maximum absolute atomic E-state index is 12.6. The molecule has 0 amide bonds. The number of Topliss-reactive ketones (excluding diaryl/α,β-unsaturated/α-hetero) is 1. The minimum absolute atomic E-state index is 0.0631. The van der Waals surface area contributed by atoms with E-state index in [2.05, 4.69) is 5.32 Å². The lowest BCUT2D eigenvalue weighted by Gasteiger charge is -2.16. The first-order chi connectivity index (χ1) is 12.0. The van der Waals surface area contributed by atoms with E-state index in [4.69, 9.17) is 11.6 Å². The maximum Gasteiger partial charge on any atom is 0.243 e. The molecule has 0 radical (unpaired) electrons. The molecule has 0 aliphatic carbocycles. The van der Waals surface area contributed by atoms with Crippen molar-refractivity contribution < 1.29 is 13.2 Å². The van der Waals surface area contributed by atoms with Crippen LogP contribution in [0.3, 0.4) is 0 Å². The van der Waals surface area contributed by atoms with E-state index in [1.54, 1.807) is 30.3 Å². The Morgan fingerprint density at radius 3 is 2.52 bits per heavy atom. The number of nitrogens with zero attached hydrogens (tertiary/aromatic N) is 1. The van der Waals surface area contributed by atoms with Crippen LogP contribution in [0, 0.1) is 0 Å². The molecular formula is C18H19ClN2O3S. The molecule has 0 unspecified atom stereocenters. The van der Waals surface area contributed by atoms with Crippen LogP contribution in [0.15, 0.2) is 53.4 Å². The largest absolute Gasteiger partial charge is 0.378 e. The summed E-state index contributed by atoms with van der Waals surface area (Å²) in [7, 11) is -3.52. The summed E-state index contributed by atoms with van der Waals surface area (Å²) in [6, 6.07) is 13.3. The van der Waals surface area contributed by atoms with Gasteiger partial charge in [-0.15, -0.1) is 0 Å². The van der Waals surface area contributed by atoms with Crippen molar-refractivity contribution in [2.24, 2.45) is 0 Å². The van der Waals surface area contributed by atoms with Gasteiger partial charge < -0.3 is 5.32 Å². The van der Waals surface area contributed by atoms with Gasteiger partial charge >= 0.3 is 0 Å². The van der Waals surface area contributed by atoms with Crippen LogP contribution >= 0.6 is 11.6 Å². The summed E-state index contributed by atoms with van der Waals surface area (Å²) in [4.78, 5) is 12.6. The number of sulfonamides is 1. The van der Waals surface area contributed by atoms with E-state index in [1.807, 2.05) is 6.07 Å². The Morgan fingerprint density at radius 1 is 1.08 bits per heavy atom. The van der Waals surface area contributed by atoms with Gasteiger partial charge in [-0.05, 0) is 43.2 Å². The van der Waals surface area contributed by atoms with Crippen LogP contribution in [0.5, 0.6) is 0 Å². The number of benzene rings is 2. The first-order valence-electron chi connectivity index (χ1n) is 8.10. The second-order valence-corrected chi connectivity index (χ2v) is 8.30. The fourth-order valence-electron chi connectivity index (χ4n) is 2.79. The van der Waals surface area contributed by atoms with E-state index in [0.29, 0.717) is 23.7 Å². The van der Waals surface area contributed by atoms with Gasteiger partial charge in [0.2, 0.25) is 10.0 Å². The van der Waals surface area contributed by atoms with E-state index < -0.39 is 10.0 Å². The molecular weight excluding hydrogens is 360 g/mol. The van der Waals surface area contributed by atoms with Crippen LogP contribution in [0.4, 0.5) is 5.69 Å². The van der Waals surface area contributed by atoms with E-state index in [9.17, 15) is 13.2 Å². The number of nitrogens with one attached hydrogen (secondary N) is 1. The van der Waals surface area contributed by atoms with Gasteiger partial charge in [0.05, 0.1) is 11.4 Å². The summed E-state index contributed by atoms with van der Waals surface area (Å²) in [5.74, 6) is -0.182. The Balaban J connectivity index is 1.73. The first kappa shape index (κ1) is 17.9. The second-order valence-electron chi connectivity index (χ2n) is 5.93. The van der Waals surface area contributed by atoms with Crippen molar-refractivity contribution in [1.29, 1.82) is 0 Å². The lowest BCUT2D eigenvalue weighted by molar-refractivity contribution is 0.101. The minimum atomic E-state index is -3.52. The average molecular weight is 379 g/mol. The van der Waals surface area contributed by atoms with E-state index in [0.717, 1.165) is 18.5 Å². The number of carbonyl (C=O) groups excluding carboxylic acids is 1. The summed E-state index contributed by atoms with van der Waals surface area (Å²) in [5.41, 5.74) is 1.11. The lowest BCUT2D eigenvalue weighted by Crippen LogP contribution is -2.28. The van der Waals surface area contributed by atoms with Crippen molar-refractivity contribution in [1.82, 2.24) is 4.31 Å². The molecule has 2 aromatic carbocycles. The zero-order valence-electron chi connectivity index (χ0n) is 13.6. The summed E-state index contributed by atoms with van der Waals surface area (Å²) >= 11 is 5.91. The summed E-state index contributed by atoms with van der Waals surface area (Å²) in [5, 5.41) is 3.58. The van der Waals surface area contributed by atoms with Gasteiger partial charge in [-0.3, -0.25) is 4.79 Å². The van der Waals surface area contributed by atoms with Crippen LogP contribution in [-0.2, 0) is 10.0 Å². The third-order valence-electron chi connectivity index (χ3n) is 4.14. The fourth-order valence-corrected chi connectivity index (χ4v) is 4.54. The number of anilines is 1. The van der Waals surface area contributed by atoms with Crippen LogP contribution < -0.4 is 5.32 Å². The molecule has 0 atom stereocenters. The van der Waals surface area contributed by atoms with Gasteiger partial charge in [0.25, 0.3) is 0 Å². The third-order valence-corrected chi connectivity index (χ3v) is 6.27. The van der Waals surface area contributed by atoms with E-state index in [-0.39, 0.29) is 17.2 Å². The van der Waals surface area contributed by atoms with Crippen molar-refractivity contribution in [2.75, 3.05) is 25.0 Å². The zero-order valence-corrected chi connectivity index (χ0v) is 15.2. The number of hydrogen-bond donors (Lipinski definition) is 1. The molecule has 0 spiro atoms. The average Bonchev–Trinajstić information content (AvgIpc) is 3.15. The molecule has 1 saturated heterocycles. The summed E-state index contributed by atoms with van der Waals surface area (Å²) in [6.45, 7) is 1.14. The number of ketones is 1. The fraction of sp³-hybridized carbons (Fsp3) is 0.278. The highest BCUT2D eigenvalue weighted by Crippen LogP contribution is 2.22. The molecule has 3 rings (SSSR count). The van der Waals surface area contributed by atoms with Gasteiger partial charge in [-0.2, -0.15) is 4.31 Å². The first-order valence-corrected chi connectivity index (χ1v) is 9.91. The normalized spacial score (nSPS) is 15.2. The SMILES string of the molecule is O=C(CNc1cccc(Cl)c1)c1cccc(S(=O)(=O)N2CCCC2)c1. The molecule has 1 aliphatic rings. The molecule has 0 aromatic heterocycles. The molecule has 25 heavy (non-hydrogen) atoms. The standard InChI is InChI=1S/C18H19ClN2O3S/c19-15-6-4-7-16(12-15)20-13-18(22)14-5-3-8-17(11-14)25(23,24)21-9-1-2-10-21/h3-8,11-12,20H,1-2,9-10,13H2. The molecule has 5 nitrogen and oxygen atoms in total. The van der Waals surface area contributed by atoms with Crippen molar-refractivity contribution in [2.45, 2.75) is 17.7 Å². The van der Waals surface area contributed by atoms with Crippen LogP contribution in [-0.4, -0.2) is 38.1 Å². The minimum Gasteiger partial charge on any atom is -0.378 e. The monoisotopic (exact) mass is 378 g/mol. The van der Waals surface area contributed by atoms with Crippen molar-refractivity contribution >= 4 is 33.1 Å². The molecule has 1 N–H and O–H groups in total.